The van der Waals surface area contributed by atoms with Gasteiger partial charge in [0.15, 0.2) is 0 Å². The lowest BCUT2D eigenvalue weighted by atomic mass is 9.82. The summed E-state index contributed by atoms with van der Waals surface area (Å²) < 4.78 is 22.8. The van der Waals surface area contributed by atoms with Crippen LogP contribution in [-0.4, -0.2) is 58.4 Å². The van der Waals surface area contributed by atoms with Crippen LogP contribution in [0.2, 0.25) is 0 Å². The molecule has 2 aromatic rings. The number of hydrogen-bond donors (Lipinski definition) is 1. The first-order valence-electron chi connectivity index (χ1n) is 14.4. The summed E-state index contributed by atoms with van der Waals surface area (Å²) in [5, 5.41) is 11.7. The minimum Gasteiger partial charge on any atom is -0.448 e. The van der Waals surface area contributed by atoms with E-state index in [4.69, 9.17) is 19.4 Å². The van der Waals surface area contributed by atoms with Gasteiger partial charge in [-0.25, -0.2) is 4.98 Å². The fourth-order valence-corrected chi connectivity index (χ4v) is 6.60. The van der Waals surface area contributed by atoms with E-state index < -0.39 is 16.3 Å². The molecule has 0 unspecified atom stereocenters. The molecular formula is C30H40N4O4S. The number of carbonyl (C=O) groups excluding carboxylic acids is 1. The first kappa shape index (κ1) is 27.9. The summed E-state index contributed by atoms with van der Waals surface area (Å²) in [4.78, 5) is 18.8. The van der Waals surface area contributed by atoms with Gasteiger partial charge in [-0.15, -0.1) is 0 Å². The highest BCUT2D eigenvalue weighted by Crippen LogP contribution is 2.36. The maximum absolute atomic E-state index is 11.8. The summed E-state index contributed by atoms with van der Waals surface area (Å²) in [6.45, 7) is 5.46. The lowest BCUT2D eigenvalue weighted by molar-refractivity contribution is -0.126. The average molecular weight is 553 g/mol. The summed E-state index contributed by atoms with van der Waals surface area (Å²) in [6.07, 6.45) is 10.9. The highest BCUT2D eigenvalue weighted by atomic mass is 32.2. The zero-order valence-electron chi connectivity index (χ0n) is 23.0. The van der Waals surface area contributed by atoms with Gasteiger partial charge in [0.1, 0.15) is 17.5 Å². The molecule has 2 aliphatic carbocycles. The number of ether oxygens (including phenoxy) is 1. The number of nitrogens with zero attached hydrogens (tertiary/aromatic N) is 3. The highest BCUT2D eigenvalue weighted by Gasteiger charge is 2.45. The predicted molar refractivity (Wildman–Crippen MR) is 152 cm³/mol. The number of rotatable bonds is 5. The van der Waals surface area contributed by atoms with Crippen molar-refractivity contribution in [2.24, 2.45) is 5.92 Å². The molecule has 0 bridgehead atoms. The Morgan fingerprint density at radius 1 is 1.08 bits per heavy atom. The van der Waals surface area contributed by atoms with Gasteiger partial charge in [0.05, 0.1) is 6.07 Å². The lowest BCUT2D eigenvalue weighted by Crippen LogP contribution is -2.40. The van der Waals surface area contributed by atoms with Crippen molar-refractivity contribution in [3.05, 3.63) is 36.4 Å². The molecule has 2 saturated carbocycles. The van der Waals surface area contributed by atoms with Crippen molar-refractivity contribution in [3.8, 4) is 17.3 Å². The third kappa shape index (κ3) is 6.90. The summed E-state index contributed by atoms with van der Waals surface area (Å²) in [7, 11) is -0.646. The number of hydrogen-bond acceptors (Lipinski definition) is 7. The van der Waals surface area contributed by atoms with E-state index in [1.54, 1.807) is 6.26 Å². The monoisotopic (exact) mass is 552 g/mol. The van der Waals surface area contributed by atoms with E-state index in [1.165, 1.54) is 12.1 Å². The molecule has 0 atom stereocenters. The molecule has 6 rings (SSSR count). The highest BCUT2D eigenvalue weighted by molar-refractivity contribution is 7.85. The third-order valence-corrected chi connectivity index (χ3v) is 9.90. The van der Waals surface area contributed by atoms with E-state index in [2.05, 4.69) is 47.5 Å². The Bertz CT molecular complexity index is 1180. The summed E-state index contributed by atoms with van der Waals surface area (Å²) >= 11 is 0. The van der Waals surface area contributed by atoms with Gasteiger partial charge in [-0.2, -0.15) is 5.26 Å². The van der Waals surface area contributed by atoms with Crippen LogP contribution in [0.1, 0.15) is 70.6 Å². The molecule has 4 fully saturated rings. The van der Waals surface area contributed by atoms with E-state index in [9.17, 15) is 9.00 Å². The normalized spacial score (nSPS) is 22.7. The van der Waals surface area contributed by atoms with Gasteiger partial charge in [0.2, 0.25) is 11.8 Å². The van der Waals surface area contributed by atoms with Gasteiger partial charge in [0, 0.05) is 71.2 Å². The SMILES string of the molecule is CC1(c2nc(-c3ccc(N4CCS(=O)CC4)cc3)co2)CCOCC1.N#CC1(NC(=O)C2CCCCC2)CC1. The van der Waals surface area contributed by atoms with Crippen LogP contribution in [0.3, 0.4) is 0 Å². The van der Waals surface area contributed by atoms with Crippen molar-refractivity contribution in [1.29, 1.82) is 5.26 Å². The summed E-state index contributed by atoms with van der Waals surface area (Å²) in [5.41, 5.74) is 2.62. The topological polar surface area (TPSA) is 108 Å². The molecule has 1 amide bonds. The second kappa shape index (κ2) is 12.2. The Kier molecular flexibility index (Phi) is 8.73. The first-order valence-corrected chi connectivity index (χ1v) is 15.9. The molecule has 3 heterocycles. The molecule has 9 heteroatoms. The third-order valence-electron chi connectivity index (χ3n) is 8.63. The molecule has 39 heavy (non-hydrogen) atoms. The van der Waals surface area contributed by atoms with Crippen LogP contribution in [0.25, 0.3) is 11.3 Å². The number of aromatic nitrogens is 1. The number of anilines is 1. The van der Waals surface area contributed by atoms with Crippen LogP contribution in [0.5, 0.6) is 0 Å². The summed E-state index contributed by atoms with van der Waals surface area (Å²) in [5.74, 6) is 2.62. The molecule has 4 aliphatic rings. The second-order valence-corrected chi connectivity index (χ2v) is 13.3. The van der Waals surface area contributed by atoms with Gasteiger partial charge in [-0.05, 0) is 50.7 Å². The maximum Gasteiger partial charge on any atom is 0.224 e. The van der Waals surface area contributed by atoms with Crippen molar-refractivity contribution in [1.82, 2.24) is 10.3 Å². The standard InChI is InChI=1S/C19H24N2O3S.C11H16N2O/c1-19(6-10-23-11-7-19)18-20-17(14-24-18)15-2-4-16(5-3-15)21-8-12-25(22)13-9-21;12-8-11(6-7-11)13-10(14)9-4-2-1-3-5-9/h2-5,14H,6-13H2,1H3;9H,1-7H2,(H,13,14). The van der Waals surface area contributed by atoms with Crippen molar-refractivity contribution in [2.75, 3.05) is 42.7 Å². The van der Waals surface area contributed by atoms with Crippen molar-refractivity contribution < 1.29 is 18.2 Å². The quantitative estimate of drug-likeness (QED) is 0.572. The average Bonchev–Trinajstić information content (AvgIpc) is 3.56. The minimum absolute atomic E-state index is 0.0279. The molecule has 1 aromatic heterocycles. The van der Waals surface area contributed by atoms with Crippen molar-refractivity contribution in [3.63, 3.8) is 0 Å². The molecule has 8 nitrogen and oxygen atoms in total. The van der Waals surface area contributed by atoms with Gasteiger partial charge in [0.25, 0.3) is 0 Å². The largest absolute Gasteiger partial charge is 0.448 e. The maximum atomic E-state index is 11.8. The Balaban J connectivity index is 0.000000186. The van der Waals surface area contributed by atoms with Crippen molar-refractivity contribution >= 4 is 22.4 Å². The van der Waals surface area contributed by atoms with Crippen LogP contribution >= 0.6 is 0 Å². The van der Waals surface area contributed by atoms with Crippen molar-refractivity contribution in [2.45, 2.75) is 75.7 Å². The number of nitriles is 1. The number of nitrogens with one attached hydrogen (secondary N) is 1. The van der Waals surface area contributed by atoms with E-state index in [0.29, 0.717) is 0 Å². The fraction of sp³-hybridized carbons (Fsp3) is 0.633. The summed E-state index contributed by atoms with van der Waals surface area (Å²) in [6, 6.07) is 10.6. The zero-order valence-corrected chi connectivity index (χ0v) is 23.8. The zero-order chi connectivity index (χ0) is 27.3. The predicted octanol–water partition coefficient (Wildman–Crippen LogP) is 4.72. The number of carbonyl (C=O) groups is 1. The number of oxazole rings is 1. The van der Waals surface area contributed by atoms with Crippen LogP contribution in [-0.2, 0) is 25.7 Å². The van der Waals surface area contributed by atoms with Crippen LogP contribution in [0.4, 0.5) is 5.69 Å². The van der Waals surface area contributed by atoms with E-state index >= 15 is 0 Å². The molecule has 0 radical (unpaired) electrons. The molecule has 210 valence electrons. The molecule has 2 saturated heterocycles. The van der Waals surface area contributed by atoms with Crippen LogP contribution in [0, 0.1) is 17.2 Å². The number of amides is 1. The smallest absolute Gasteiger partial charge is 0.224 e. The van der Waals surface area contributed by atoms with E-state index in [0.717, 1.165) is 106 Å². The Hall–Kier alpha value is -2.70. The molecule has 0 spiro atoms. The van der Waals surface area contributed by atoms with Crippen LogP contribution in [0.15, 0.2) is 34.9 Å². The first-order chi connectivity index (χ1) is 18.9. The van der Waals surface area contributed by atoms with E-state index in [1.807, 2.05) is 0 Å². The Morgan fingerprint density at radius 2 is 1.74 bits per heavy atom. The lowest BCUT2D eigenvalue weighted by Gasteiger charge is -2.30. The van der Waals surface area contributed by atoms with Crippen LogP contribution < -0.4 is 10.2 Å². The minimum atomic E-state index is -0.646. The number of benzene rings is 1. The van der Waals surface area contributed by atoms with Gasteiger partial charge >= 0.3 is 0 Å². The molecular weight excluding hydrogens is 512 g/mol. The van der Waals surface area contributed by atoms with E-state index in [-0.39, 0.29) is 17.2 Å². The molecule has 1 aromatic carbocycles. The Labute approximate surface area is 234 Å². The van der Waals surface area contributed by atoms with Gasteiger partial charge in [-0.3, -0.25) is 9.00 Å². The molecule has 1 N–H and O–H groups in total. The van der Waals surface area contributed by atoms with Gasteiger partial charge < -0.3 is 19.4 Å². The van der Waals surface area contributed by atoms with Gasteiger partial charge in [-0.1, -0.05) is 38.3 Å². The Morgan fingerprint density at radius 3 is 2.36 bits per heavy atom. The molecule has 2 aliphatic heterocycles. The fourth-order valence-electron chi connectivity index (χ4n) is 5.55. The second-order valence-electron chi connectivity index (χ2n) is 11.6.